The third kappa shape index (κ3) is 3.94. The molecule has 2 aromatic heterocycles. The molecule has 0 atom stereocenters. The van der Waals surface area contributed by atoms with E-state index in [1.807, 2.05) is 24.3 Å². The topological polar surface area (TPSA) is 62.1 Å². The minimum absolute atomic E-state index is 0.267. The van der Waals surface area contributed by atoms with E-state index in [-0.39, 0.29) is 12.4 Å². The molecule has 0 radical (unpaired) electrons. The normalized spacial score (nSPS) is 13.0. The first-order valence-electron chi connectivity index (χ1n) is 10.6. The maximum Gasteiger partial charge on any atom is 0.182 e. The first-order chi connectivity index (χ1) is 15.6. The molecule has 0 aliphatic heterocycles. The fraction of sp³-hybridized carbons (Fsp3) is 0.292. The predicted octanol–water partition coefficient (Wildman–Crippen LogP) is 4.85. The van der Waals surface area contributed by atoms with Gasteiger partial charge in [0.05, 0.1) is 18.7 Å². The smallest absolute Gasteiger partial charge is 0.182 e. The summed E-state index contributed by atoms with van der Waals surface area (Å²) in [5.74, 6) is 0.626. The molecule has 164 valence electrons. The van der Waals surface area contributed by atoms with Gasteiger partial charge in [-0.3, -0.25) is 4.68 Å². The lowest BCUT2D eigenvalue weighted by atomic mass is 10.1. The van der Waals surface area contributed by atoms with Crippen LogP contribution in [0.15, 0.2) is 42.5 Å². The highest BCUT2D eigenvalue weighted by Gasteiger charge is 2.22. The summed E-state index contributed by atoms with van der Waals surface area (Å²) in [6.07, 6.45) is 2.84. The molecule has 0 amide bonds. The minimum Gasteiger partial charge on any atom is -0.491 e. The van der Waals surface area contributed by atoms with Crippen molar-refractivity contribution in [1.29, 1.82) is 0 Å². The van der Waals surface area contributed by atoms with Crippen LogP contribution in [0.25, 0.3) is 22.4 Å². The minimum atomic E-state index is -0.349. The van der Waals surface area contributed by atoms with Gasteiger partial charge in [-0.25, -0.2) is 14.4 Å². The number of aromatic nitrogens is 4. The highest BCUT2D eigenvalue weighted by atomic mass is 35.5. The molecule has 2 aromatic carbocycles. The van der Waals surface area contributed by atoms with E-state index >= 15 is 0 Å². The summed E-state index contributed by atoms with van der Waals surface area (Å²) in [7, 11) is 1.59. The molecule has 8 heteroatoms. The van der Waals surface area contributed by atoms with Gasteiger partial charge in [0.1, 0.15) is 29.0 Å². The number of benzene rings is 2. The van der Waals surface area contributed by atoms with Gasteiger partial charge in [0, 0.05) is 35.4 Å². The summed E-state index contributed by atoms with van der Waals surface area (Å²) in [5, 5.41) is 6.16. The quantitative estimate of drug-likeness (QED) is 0.296. The average Bonchev–Trinajstić information content (AvgIpc) is 3.41. The van der Waals surface area contributed by atoms with E-state index in [0.29, 0.717) is 41.2 Å². The van der Waals surface area contributed by atoms with Crippen LogP contribution in [0.5, 0.6) is 5.75 Å². The number of halogens is 2. The van der Waals surface area contributed by atoms with E-state index in [0.717, 1.165) is 41.4 Å². The lowest BCUT2D eigenvalue weighted by molar-refractivity contribution is 0.146. The summed E-state index contributed by atoms with van der Waals surface area (Å²) in [4.78, 5) is 9.28. The van der Waals surface area contributed by atoms with Crippen LogP contribution in [0.4, 0.5) is 4.39 Å². The molecule has 0 N–H and O–H groups in total. The van der Waals surface area contributed by atoms with Crippen molar-refractivity contribution in [2.24, 2.45) is 0 Å². The Morgan fingerprint density at radius 2 is 1.97 bits per heavy atom. The highest BCUT2D eigenvalue weighted by Crippen LogP contribution is 2.32. The van der Waals surface area contributed by atoms with Gasteiger partial charge in [0.2, 0.25) is 0 Å². The number of hydrogen-bond donors (Lipinski definition) is 0. The molecule has 4 aromatic rings. The lowest BCUT2D eigenvalue weighted by Gasteiger charge is -2.09. The van der Waals surface area contributed by atoms with E-state index < -0.39 is 0 Å². The summed E-state index contributed by atoms with van der Waals surface area (Å²) in [6, 6.07) is 12.7. The maximum atomic E-state index is 14.8. The van der Waals surface area contributed by atoms with Gasteiger partial charge in [-0.2, -0.15) is 5.10 Å². The van der Waals surface area contributed by atoms with Crippen molar-refractivity contribution in [3.8, 4) is 17.3 Å². The van der Waals surface area contributed by atoms with E-state index in [9.17, 15) is 4.39 Å². The fourth-order valence-electron chi connectivity index (χ4n) is 4.06. The molecule has 5 rings (SSSR count). The summed E-state index contributed by atoms with van der Waals surface area (Å²) in [6.45, 7) is 1.08. The molecular weight excluding hydrogens is 431 g/mol. The van der Waals surface area contributed by atoms with Crippen molar-refractivity contribution in [2.75, 3.05) is 20.3 Å². The molecule has 0 unspecified atom stereocenters. The van der Waals surface area contributed by atoms with Gasteiger partial charge in [0.25, 0.3) is 0 Å². The SMILES string of the molecule is COCCOc1ccc(Cn2nc(-c3nc(Cl)c4c(n3)CCC4)c3ccccc32)c(F)c1. The van der Waals surface area contributed by atoms with E-state index in [1.54, 1.807) is 23.9 Å². The van der Waals surface area contributed by atoms with Crippen LogP contribution in [0.1, 0.15) is 23.2 Å². The van der Waals surface area contributed by atoms with Crippen LogP contribution in [0.2, 0.25) is 5.15 Å². The maximum absolute atomic E-state index is 14.8. The third-order valence-electron chi connectivity index (χ3n) is 5.65. The third-order valence-corrected chi connectivity index (χ3v) is 5.97. The second-order valence-corrected chi connectivity index (χ2v) is 8.09. The Labute approximate surface area is 190 Å². The number of hydrogen-bond acceptors (Lipinski definition) is 5. The van der Waals surface area contributed by atoms with Crippen LogP contribution in [0, 0.1) is 5.82 Å². The molecule has 0 spiro atoms. The molecule has 1 aliphatic carbocycles. The molecule has 6 nitrogen and oxygen atoms in total. The Morgan fingerprint density at radius 1 is 1.09 bits per heavy atom. The Kier molecular flexibility index (Phi) is 5.76. The van der Waals surface area contributed by atoms with E-state index in [4.69, 9.17) is 31.2 Å². The predicted molar refractivity (Wildman–Crippen MR) is 121 cm³/mol. The van der Waals surface area contributed by atoms with Crippen LogP contribution >= 0.6 is 11.6 Å². The molecule has 0 bridgehead atoms. The van der Waals surface area contributed by atoms with Gasteiger partial charge < -0.3 is 9.47 Å². The van der Waals surface area contributed by atoms with Gasteiger partial charge in [-0.1, -0.05) is 35.9 Å². The summed E-state index contributed by atoms with van der Waals surface area (Å²) in [5.41, 5.74) is 4.07. The molecule has 32 heavy (non-hydrogen) atoms. The van der Waals surface area contributed by atoms with Crippen molar-refractivity contribution in [2.45, 2.75) is 25.8 Å². The van der Waals surface area contributed by atoms with E-state index in [1.165, 1.54) is 6.07 Å². The van der Waals surface area contributed by atoms with Crippen molar-refractivity contribution < 1.29 is 13.9 Å². The zero-order chi connectivity index (χ0) is 22.1. The zero-order valence-electron chi connectivity index (χ0n) is 17.6. The Balaban J connectivity index is 1.50. The average molecular weight is 453 g/mol. The van der Waals surface area contributed by atoms with Gasteiger partial charge >= 0.3 is 0 Å². The number of ether oxygens (including phenoxy) is 2. The largest absolute Gasteiger partial charge is 0.491 e. The van der Waals surface area contributed by atoms with Gasteiger partial charge in [0.15, 0.2) is 5.82 Å². The van der Waals surface area contributed by atoms with Crippen LogP contribution < -0.4 is 4.74 Å². The number of aryl methyl sites for hydroxylation is 1. The number of rotatable bonds is 7. The Hall–Kier alpha value is -3.03. The number of fused-ring (bicyclic) bond motifs is 2. The lowest BCUT2D eigenvalue weighted by Crippen LogP contribution is -2.07. The Morgan fingerprint density at radius 3 is 2.81 bits per heavy atom. The standard InChI is InChI=1S/C24H22ClFN4O2/c1-31-11-12-32-16-10-9-15(19(26)13-16)14-30-21-8-3-2-5-18(21)22(29-30)24-27-20-7-4-6-17(20)23(25)28-24/h2-3,5,8-10,13H,4,6-7,11-12,14H2,1H3. The van der Waals surface area contributed by atoms with Gasteiger partial charge in [-0.05, 0) is 31.4 Å². The van der Waals surface area contributed by atoms with Crippen molar-refractivity contribution in [3.05, 3.63) is 70.3 Å². The van der Waals surface area contributed by atoms with E-state index in [2.05, 4.69) is 4.98 Å². The number of methoxy groups -OCH3 is 1. The summed E-state index contributed by atoms with van der Waals surface area (Å²) < 4.78 is 27.0. The highest BCUT2D eigenvalue weighted by molar-refractivity contribution is 6.30. The number of para-hydroxylation sites is 1. The fourth-order valence-corrected chi connectivity index (χ4v) is 4.34. The molecule has 2 heterocycles. The van der Waals surface area contributed by atoms with Crippen LogP contribution in [0.3, 0.4) is 0 Å². The molecule has 0 saturated carbocycles. The van der Waals surface area contributed by atoms with Crippen molar-refractivity contribution >= 4 is 22.5 Å². The zero-order valence-corrected chi connectivity index (χ0v) is 18.4. The van der Waals surface area contributed by atoms with Gasteiger partial charge in [-0.15, -0.1) is 0 Å². The monoisotopic (exact) mass is 452 g/mol. The van der Waals surface area contributed by atoms with Crippen LogP contribution in [-0.4, -0.2) is 40.1 Å². The second kappa shape index (κ2) is 8.84. The second-order valence-electron chi connectivity index (χ2n) is 7.73. The first-order valence-corrected chi connectivity index (χ1v) is 10.9. The van der Waals surface area contributed by atoms with Crippen molar-refractivity contribution in [3.63, 3.8) is 0 Å². The molecule has 0 fully saturated rings. The summed E-state index contributed by atoms with van der Waals surface area (Å²) >= 11 is 6.44. The Bertz CT molecular complexity index is 1290. The molecular formula is C24H22ClFN4O2. The first kappa shape index (κ1) is 20.8. The number of nitrogens with zero attached hydrogens (tertiary/aromatic N) is 4. The molecule has 0 saturated heterocycles. The molecule has 1 aliphatic rings. The van der Waals surface area contributed by atoms with Crippen molar-refractivity contribution in [1.82, 2.24) is 19.7 Å². The van der Waals surface area contributed by atoms with Crippen LogP contribution in [-0.2, 0) is 24.1 Å².